The largest absolute Gasteiger partial charge is 0.497 e. The Morgan fingerprint density at radius 1 is 1.17 bits per heavy atom. The number of rotatable bonds is 6. The zero-order chi connectivity index (χ0) is 20.2. The summed E-state index contributed by atoms with van der Waals surface area (Å²) in [4.78, 5) is 12.6. The molecule has 1 aliphatic heterocycles. The minimum Gasteiger partial charge on any atom is -0.497 e. The molecule has 1 atom stereocenters. The first-order chi connectivity index (χ1) is 14.2. The number of fused-ring (bicyclic) bond motifs is 1. The lowest BCUT2D eigenvalue weighted by molar-refractivity contribution is 0.0284. The maximum Gasteiger partial charge on any atom is 0.269 e. The number of hydrogen-bond donors (Lipinski definition) is 2. The third-order valence-electron chi connectivity index (χ3n) is 5.04. The van der Waals surface area contributed by atoms with Crippen molar-refractivity contribution in [2.45, 2.75) is 19.1 Å². The number of carbonyl (C=O) groups excluding carboxylic acids is 1. The number of amides is 1. The SMILES string of the molecule is COc1ccc(OC)c(-c2cc(C(=O)NCC3Cc4ccccc4CO3)[nH]n2)c1. The maximum absolute atomic E-state index is 12.6. The Labute approximate surface area is 169 Å². The number of nitrogens with one attached hydrogen (secondary N) is 2. The molecule has 2 aromatic carbocycles. The minimum atomic E-state index is -0.229. The van der Waals surface area contributed by atoms with Crippen molar-refractivity contribution in [3.63, 3.8) is 0 Å². The van der Waals surface area contributed by atoms with E-state index in [1.54, 1.807) is 26.4 Å². The average molecular weight is 393 g/mol. The highest BCUT2D eigenvalue weighted by Crippen LogP contribution is 2.32. The van der Waals surface area contributed by atoms with Crippen LogP contribution in [0.15, 0.2) is 48.5 Å². The number of carbonyl (C=O) groups is 1. The van der Waals surface area contributed by atoms with Crippen molar-refractivity contribution >= 4 is 5.91 Å². The van der Waals surface area contributed by atoms with Crippen LogP contribution in [-0.4, -0.2) is 43.0 Å². The summed E-state index contributed by atoms with van der Waals surface area (Å²) in [6.45, 7) is 1.00. The van der Waals surface area contributed by atoms with Crippen LogP contribution in [0.2, 0.25) is 0 Å². The number of aromatic nitrogens is 2. The van der Waals surface area contributed by atoms with E-state index in [1.807, 2.05) is 24.3 Å². The normalized spacial score (nSPS) is 15.4. The van der Waals surface area contributed by atoms with Crippen LogP contribution >= 0.6 is 0 Å². The number of benzene rings is 2. The Morgan fingerprint density at radius 3 is 2.79 bits per heavy atom. The number of hydrogen-bond acceptors (Lipinski definition) is 5. The second-order valence-electron chi connectivity index (χ2n) is 6.85. The quantitative estimate of drug-likeness (QED) is 0.673. The summed E-state index contributed by atoms with van der Waals surface area (Å²) in [5.41, 5.74) is 4.21. The highest BCUT2D eigenvalue weighted by molar-refractivity contribution is 5.93. The van der Waals surface area contributed by atoms with Crippen molar-refractivity contribution in [3.05, 3.63) is 65.4 Å². The fraction of sp³-hybridized carbons (Fsp3) is 0.273. The summed E-state index contributed by atoms with van der Waals surface area (Å²) in [7, 11) is 3.19. The van der Waals surface area contributed by atoms with Gasteiger partial charge in [-0.15, -0.1) is 0 Å². The van der Waals surface area contributed by atoms with Crippen LogP contribution in [0.4, 0.5) is 0 Å². The van der Waals surface area contributed by atoms with Crippen molar-refractivity contribution in [2.24, 2.45) is 0 Å². The molecule has 0 spiro atoms. The maximum atomic E-state index is 12.6. The third-order valence-corrected chi connectivity index (χ3v) is 5.04. The van der Waals surface area contributed by atoms with Gasteiger partial charge in [-0.05, 0) is 35.4 Å². The Balaban J connectivity index is 1.42. The Hall–Kier alpha value is -3.32. The smallest absolute Gasteiger partial charge is 0.269 e. The van der Waals surface area contributed by atoms with Crippen LogP contribution < -0.4 is 14.8 Å². The van der Waals surface area contributed by atoms with E-state index >= 15 is 0 Å². The van der Waals surface area contributed by atoms with E-state index in [4.69, 9.17) is 14.2 Å². The standard InChI is InChI=1S/C22H23N3O4/c1-27-16-7-8-21(28-2)18(10-16)19-11-20(25-24-19)22(26)23-12-17-9-14-5-3-4-6-15(14)13-29-17/h3-8,10-11,17H,9,12-13H2,1-2H3,(H,23,26)(H,24,25). The van der Waals surface area contributed by atoms with Gasteiger partial charge in [-0.1, -0.05) is 24.3 Å². The zero-order valence-electron chi connectivity index (χ0n) is 16.4. The molecule has 0 bridgehead atoms. The molecule has 0 saturated heterocycles. The van der Waals surface area contributed by atoms with Gasteiger partial charge < -0.3 is 19.5 Å². The van der Waals surface area contributed by atoms with Crippen LogP contribution in [0.1, 0.15) is 21.6 Å². The molecule has 0 aliphatic carbocycles. The van der Waals surface area contributed by atoms with Crippen molar-refractivity contribution in [1.82, 2.24) is 15.5 Å². The van der Waals surface area contributed by atoms with Crippen LogP contribution in [0.5, 0.6) is 11.5 Å². The van der Waals surface area contributed by atoms with E-state index in [0.717, 1.165) is 12.0 Å². The van der Waals surface area contributed by atoms with Gasteiger partial charge in [0.05, 0.1) is 32.6 Å². The molecule has 0 saturated carbocycles. The Kier molecular flexibility index (Phi) is 5.48. The summed E-state index contributed by atoms with van der Waals surface area (Å²) < 4.78 is 16.5. The first-order valence-corrected chi connectivity index (χ1v) is 9.42. The summed E-state index contributed by atoms with van der Waals surface area (Å²) in [6.07, 6.45) is 0.737. The lowest BCUT2D eigenvalue weighted by Gasteiger charge is -2.25. The molecule has 2 N–H and O–H groups in total. The van der Waals surface area contributed by atoms with Gasteiger partial charge in [-0.3, -0.25) is 9.89 Å². The molecule has 1 aromatic heterocycles. The van der Waals surface area contributed by atoms with Crippen molar-refractivity contribution in [1.29, 1.82) is 0 Å². The predicted molar refractivity (Wildman–Crippen MR) is 108 cm³/mol. The minimum absolute atomic E-state index is 0.0466. The molecule has 1 amide bonds. The van der Waals surface area contributed by atoms with Gasteiger partial charge in [0.15, 0.2) is 0 Å². The lowest BCUT2D eigenvalue weighted by Crippen LogP contribution is -2.36. The number of nitrogens with zero attached hydrogens (tertiary/aromatic N) is 1. The molecule has 150 valence electrons. The first kappa shape index (κ1) is 19.0. The summed E-state index contributed by atoms with van der Waals surface area (Å²) in [5, 5.41) is 9.98. The summed E-state index contributed by atoms with van der Waals surface area (Å²) in [6, 6.07) is 15.4. The number of H-pyrrole nitrogens is 1. The lowest BCUT2D eigenvalue weighted by atomic mass is 9.99. The van der Waals surface area contributed by atoms with E-state index in [-0.39, 0.29) is 12.0 Å². The molecule has 1 unspecified atom stereocenters. The van der Waals surface area contributed by atoms with E-state index in [2.05, 4.69) is 27.6 Å². The van der Waals surface area contributed by atoms with Crippen LogP contribution in [0, 0.1) is 0 Å². The highest BCUT2D eigenvalue weighted by atomic mass is 16.5. The van der Waals surface area contributed by atoms with Gasteiger partial charge in [0.25, 0.3) is 5.91 Å². The Bertz CT molecular complexity index is 1010. The van der Waals surface area contributed by atoms with Crippen molar-refractivity contribution < 1.29 is 19.0 Å². The zero-order valence-corrected chi connectivity index (χ0v) is 16.4. The Morgan fingerprint density at radius 2 is 2.00 bits per heavy atom. The average Bonchev–Trinajstić information content (AvgIpc) is 3.27. The topological polar surface area (TPSA) is 85.5 Å². The van der Waals surface area contributed by atoms with E-state index in [1.165, 1.54) is 11.1 Å². The molecular weight excluding hydrogens is 370 g/mol. The molecule has 29 heavy (non-hydrogen) atoms. The first-order valence-electron chi connectivity index (χ1n) is 9.42. The molecule has 0 fully saturated rings. The molecule has 7 heteroatoms. The van der Waals surface area contributed by atoms with Crippen LogP contribution in [-0.2, 0) is 17.8 Å². The molecule has 0 radical (unpaired) electrons. The van der Waals surface area contributed by atoms with Crippen LogP contribution in [0.25, 0.3) is 11.3 Å². The van der Waals surface area contributed by atoms with Crippen molar-refractivity contribution in [3.8, 4) is 22.8 Å². The molecule has 1 aliphatic rings. The molecule has 3 aromatic rings. The molecular formula is C22H23N3O4. The fourth-order valence-corrected chi connectivity index (χ4v) is 3.43. The predicted octanol–water partition coefficient (Wildman–Crippen LogP) is 2.97. The van der Waals surface area contributed by atoms with Gasteiger partial charge in [-0.2, -0.15) is 5.10 Å². The van der Waals surface area contributed by atoms with E-state index in [0.29, 0.717) is 36.0 Å². The molecule has 2 heterocycles. The number of ether oxygens (including phenoxy) is 3. The second-order valence-corrected chi connectivity index (χ2v) is 6.85. The monoisotopic (exact) mass is 393 g/mol. The van der Waals surface area contributed by atoms with E-state index < -0.39 is 0 Å². The van der Waals surface area contributed by atoms with Crippen LogP contribution in [0.3, 0.4) is 0 Å². The van der Waals surface area contributed by atoms with E-state index in [9.17, 15) is 4.79 Å². The van der Waals surface area contributed by atoms with Gasteiger partial charge in [0, 0.05) is 18.5 Å². The number of aromatic amines is 1. The molecule has 7 nitrogen and oxygen atoms in total. The second kappa shape index (κ2) is 8.36. The summed E-state index contributed by atoms with van der Waals surface area (Å²) >= 11 is 0. The summed E-state index contributed by atoms with van der Waals surface area (Å²) in [5.74, 6) is 1.11. The van der Waals surface area contributed by atoms with Gasteiger partial charge in [0.2, 0.25) is 0 Å². The third kappa shape index (κ3) is 4.09. The van der Waals surface area contributed by atoms with Gasteiger partial charge >= 0.3 is 0 Å². The fourth-order valence-electron chi connectivity index (χ4n) is 3.43. The van der Waals surface area contributed by atoms with Gasteiger partial charge in [-0.25, -0.2) is 0 Å². The van der Waals surface area contributed by atoms with Crippen molar-refractivity contribution in [2.75, 3.05) is 20.8 Å². The number of methoxy groups -OCH3 is 2. The van der Waals surface area contributed by atoms with Gasteiger partial charge in [0.1, 0.15) is 17.2 Å². The molecule has 4 rings (SSSR count). The highest BCUT2D eigenvalue weighted by Gasteiger charge is 2.20.